The minimum atomic E-state index is -1.09. The van der Waals surface area contributed by atoms with Crippen LogP contribution in [0.15, 0.2) is 11.1 Å². The second kappa shape index (κ2) is 5.35. The Labute approximate surface area is 77.2 Å². The lowest BCUT2D eigenvalue weighted by molar-refractivity contribution is -0.140. The molecule has 0 radical (unpaired) electrons. The average Bonchev–Trinajstić information content (AvgIpc) is 2.11. The van der Waals surface area contributed by atoms with Crippen molar-refractivity contribution < 1.29 is 19.4 Å². The van der Waals surface area contributed by atoms with Crippen LogP contribution in [-0.2, 0) is 14.3 Å². The van der Waals surface area contributed by atoms with E-state index in [9.17, 15) is 9.59 Å². The fourth-order valence-corrected chi connectivity index (χ4v) is 0.617. The maximum absolute atomic E-state index is 11.1. The molecule has 0 fully saturated rings. The lowest BCUT2D eigenvalue weighted by Crippen LogP contribution is -2.11. The summed E-state index contributed by atoms with van der Waals surface area (Å²) in [6.45, 7) is 5.02. The van der Waals surface area contributed by atoms with E-state index in [2.05, 4.69) is 0 Å². The van der Waals surface area contributed by atoms with Gasteiger partial charge in [0, 0.05) is 11.1 Å². The minimum Gasteiger partial charge on any atom is -0.478 e. The van der Waals surface area contributed by atoms with Crippen LogP contribution < -0.4 is 0 Å². The van der Waals surface area contributed by atoms with Crippen molar-refractivity contribution >= 4 is 11.9 Å². The van der Waals surface area contributed by atoms with Gasteiger partial charge in [0.2, 0.25) is 0 Å². The van der Waals surface area contributed by atoms with Gasteiger partial charge in [0.25, 0.3) is 0 Å². The smallest absolute Gasteiger partial charge is 0.334 e. The molecular formula is C9H14O4. The second-order valence-corrected chi connectivity index (χ2v) is 2.69. The number of carboxylic acid groups (broad SMARTS) is 1. The highest BCUT2D eigenvalue weighted by Gasteiger charge is 2.12. The summed E-state index contributed by atoms with van der Waals surface area (Å²) in [7, 11) is 0. The van der Waals surface area contributed by atoms with Gasteiger partial charge in [0.15, 0.2) is 0 Å². The molecule has 0 unspecified atom stereocenters. The molecule has 0 aliphatic carbocycles. The van der Waals surface area contributed by atoms with E-state index < -0.39 is 11.9 Å². The summed E-state index contributed by atoms with van der Waals surface area (Å²) in [6, 6.07) is 0. The molecule has 0 saturated carbocycles. The number of ether oxygens (including phenoxy) is 1. The molecule has 74 valence electrons. The zero-order valence-corrected chi connectivity index (χ0v) is 8.09. The summed E-state index contributed by atoms with van der Waals surface area (Å²) in [5, 5.41) is 8.56. The van der Waals surface area contributed by atoms with E-state index in [1.165, 1.54) is 13.8 Å². The maximum Gasteiger partial charge on any atom is 0.334 e. The normalized spacial score (nSPS) is 11.9. The number of aliphatic carboxylic acids is 1. The molecule has 0 amide bonds. The Morgan fingerprint density at radius 2 is 1.77 bits per heavy atom. The third-order valence-corrected chi connectivity index (χ3v) is 1.63. The first kappa shape index (κ1) is 11.7. The first-order valence-corrected chi connectivity index (χ1v) is 4.08. The van der Waals surface area contributed by atoms with Gasteiger partial charge in [-0.1, -0.05) is 6.92 Å². The zero-order valence-electron chi connectivity index (χ0n) is 8.09. The molecule has 13 heavy (non-hydrogen) atoms. The van der Waals surface area contributed by atoms with Gasteiger partial charge in [0.05, 0.1) is 6.61 Å². The number of esters is 1. The summed E-state index contributed by atoms with van der Waals surface area (Å²) in [6.07, 6.45) is 0.727. The van der Waals surface area contributed by atoms with E-state index in [0.717, 1.165) is 6.42 Å². The van der Waals surface area contributed by atoms with Crippen molar-refractivity contribution in [1.29, 1.82) is 0 Å². The van der Waals surface area contributed by atoms with Gasteiger partial charge in [-0.05, 0) is 20.3 Å². The lowest BCUT2D eigenvalue weighted by atomic mass is 10.1. The van der Waals surface area contributed by atoms with Crippen molar-refractivity contribution in [1.82, 2.24) is 0 Å². The first-order chi connectivity index (χ1) is 6.00. The highest BCUT2D eigenvalue weighted by molar-refractivity contribution is 5.98. The van der Waals surface area contributed by atoms with Crippen LogP contribution in [0.25, 0.3) is 0 Å². The Bertz CT molecular complexity index is 240. The minimum absolute atomic E-state index is 0.0288. The molecule has 0 aromatic carbocycles. The van der Waals surface area contributed by atoms with Crippen molar-refractivity contribution in [3.63, 3.8) is 0 Å². The number of carboxylic acids is 1. The zero-order chi connectivity index (χ0) is 10.4. The summed E-state index contributed by atoms with van der Waals surface area (Å²) >= 11 is 0. The van der Waals surface area contributed by atoms with Gasteiger partial charge in [-0.25, -0.2) is 9.59 Å². The molecule has 0 saturated heterocycles. The molecule has 0 aliphatic rings. The summed E-state index contributed by atoms with van der Waals surface area (Å²) < 4.78 is 4.76. The van der Waals surface area contributed by atoms with Gasteiger partial charge in [0.1, 0.15) is 0 Å². The molecular weight excluding hydrogens is 172 g/mol. The van der Waals surface area contributed by atoms with Gasteiger partial charge in [-0.3, -0.25) is 0 Å². The number of hydrogen-bond donors (Lipinski definition) is 1. The van der Waals surface area contributed by atoms with Crippen molar-refractivity contribution in [2.24, 2.45) is 0 Å². The Balaban J connectivity index is 4.40. The second-order valence-electron chi connectivity index (χ2n) is 2.69. The van der Waals surface area contributed by atoms with Crippen molar-refractivity contribution in [2.45, 2.75) is 27.2 Å². The van der Waals surface area contributed by atoms with Crippen LogP contribution in [0, 0.1) is 0 Å². The van der Waals surface area contributed by atoms with Crippen LogP contribution in [-0.4, -0.2) is 23.7 Å². The molecule has 4 heteroatoms. The summed E-state index contributed by atoms with van der Waals surface area (Å²) in [4.78, 5) is 21.6. The molecule has 1 N–H and O–H groups in total. The van der Waals surface area contributed by atoms with Gasteiger partial charge in [-0.15, -0.1) is 0 Å². The van der Waals surface area contributed by atoms with E-state index in [1.54, 1.807) is 0 Å². The summed E-state index contributed by atoms with van der Waals surface area (Å²) in [5.41, 5.74) is 0.182. The van der Waals surface area contributed by atoms with Crippen LogP contribution in [0.5, 0.6) is 0 Å². The molecule has 0 heterocycles. The van der Waals surface area contributed by atoms with E-state index in [4.69, 9.17) is 9.84 Å². The SMILES string of the molecule is CCCOC(=O)/C(C)=C(\C)C(=O)O. The maximum atomic E-state index is 11.1. The van der Waals surface area contributed by atoms with Crippen LogP contribution in [0.1, 0.15) is 27.2 Å². The van der Waals surface area contributed by atoms with Crippen LogP contribution in [0.4, 0.5) is 0 Å². The molecule has 0 rings (SSSR count). The standard InChI is InChI=1S/C9H14O4/c1-4-5-13-9(12)7(3)6(2)8(10)11/h4-5H2,1-3H3,(H,10,11)/b7-6+. The summed E-state index contributed by atoms with van der Waals surface area (Å²) in [5.74, 6) is -1.65. The molecule has 0 atom stereocenters. The lowest BCUT2D eigenvalue weighted by Gasteiger charge is -2.04. The fourth-order valence-electron chi connectivity index (χ4n) is 0.617. The van der Waals surface area contributed by atoms with Crippen molar-refractivity contribution in [3.05, 3.63) is 11.1 Å². The van der Waals surface area contributed by atoms with E-state index in [-0.39, 0.29) is 11.1 Å². The predicted molar refractivity (Wildman–Crippen MR) is 47.3 cm³/mol. The van der Waals surface area contributed by atoms with E-state index >= 15 is 0 Å². The quantitative estimate of drug-likeness (QED) is 0.532. The number of carbonyl (C=O) groups is 2. The monoisotopic (exact) mass is 186 g/mol. The molecule has 0 aromatic heterocycles. The largest absolute Gasteiger partial charge is 0.478 e. The van der Waals surface area contributed by atoms with Crippen molar-refractivity contribution in [3.8, 4) is 0 Å². The van der Waals surface area contributed by atoms with Gasteiger partial charge < -0.3 is 9.84 Å². The molecule has 0 bridgehead atoms. The van der Waals surface area contributed by atoms with Gasteiger partial charge >= 0.3 is 11.9 Å². The molecule has 0 spiro atoms. The molecule has 0 aliphatic heterocycles. The van der Waals surface area contributed by atoms with Gasteiger partial charge in [-0.2, -0.15) is 0 Å². The Kier molecular flexibility index (Phi) is 4.80. The third-order valence-electron chi connectivity index (χ3n) is 1.63. The Morgan fingerprint density at radius 3 is 2.15 bits per heavy atom. The Morgan fingerprint density at radius 1 is 1.23 bits per heavy atom. The Hall–Kier alpha value is -1.32. The first-order valence-electron chi connectivity index (χ1n) is 4.08. The van der Waals surface area contributed by atoms with Crippen molar-refractivity contribution in [2.75, 3.05) is 6.61 Å². The van der Waals surface area contributed by atoms with Crippen LogP contribution >= 0.6 is 0 Å². The predicted octanol–water partition coefficient (Wildman–Crippen LogP) is 1.36. The van der Waals surface area contributed by atoms with Crippen LogP contribution in [0.2, 0.25) is 0 Å². The third kappa shape index (κ3) is 3.73. The van der Waals surface area contributed by atoms with E-state index in [0.29, 0.717) is 6.61 Å². The molecule has 4 nitrogen and oxygen atoms in total. The number of rotatable bonds is 4. The highest BCUT2D eigenvalue weighted by Crippen LogP contribution is 2.05. The fraction of sp³-hybridized carbons (Fsp3) is 0.556. The number of hydrogen-bond acceptors (Lipinski definition) is 3. The highest BCUT2D eigenvalue weighted by atomic mass is 16.5. The number of carbonyl (C=O) groups excluding carboxylic acids is 1. The topological polar surface area (TPSA) is 63.6 Å². The van der Waals surface area contributed by atoms with E-state index in [1.807, 2.05) is 6.92 Å². The van der Waals surface area contributed by atoms with Crippen LogP contribution in [0.3, 0.4) is 0 Å². The molecule has 0 aromatic rings. The average molecular weight is 186 g/mol.